The van der Waals surface area contributed by atoms with Crippen molar-refractivity contribution in [2.75, 3.05) is 12.4 Å². The van der Waals surface area contributed by atoms with Crippen LogP contribution < -0.4 is 5.32 Å². The predicted octanol–water partition coefficient (Wildman–Crippen LogP) is 4.63. The second-order valence-electron chi connectivity index (χ2n) is 7.93. The molecule has 1 fully saturated rings. The van der Waals surface area contributed by atoms with Crippen molar-refractivity contribution in [1.29, 1.82) is 0 Å². The van der Waals surface area contributed by atoms with Gasteiger partial charge in [0.15, 0.2) is 11.0 Å². The lowest BCUT2D eigenvalue weighted by atomic mass is 10.1. The summed E-state index contributed by atoms with van der Waals surface area (Å²) < 4.78 is 21.9. The molecule has 3 aromatic rings. The lowest BCUT2D eigenvalue weighted by Crippen LogP contribution is -2.34. The van der Waals surface area contributed by atoms with Crippen LogP contribution in [0, 0.1) is 5.82 Å². The average molecular weight is 455 g/mol. The quantitative estimate of drug-likeness (QED) is 0.478. The summed E-state index contributed by atoms with van der Waals surface area (Å²) in [7, 11) is 0. The molecule has 2 aromatic carbocycles. The van der Waals surface area contributed by atoms with Crippen molar-refractivity contribution >= 4 is 17.7 Å². The number of nitrogens with one attached hydrogen (secondary N) is 1. The molecule has 0 saturated carbocycles. The van der Waals surface area contributed by atoms with Gasteiger partial charge in [0, 0.05) is 18.3 Å². The van der Waals surface area contributed by atoms with Crippen molar-refractivity contribution in [2.24, 2.45) is 0 Å². The fourth-order valence-corrected chi connectivity index (χ4v) is 4.58. The van der Waals surface area contributed by atoms with E-state index in [1.807, 2.05) is 37.3 Å². The number of halogens is 1. The molecule has 1 aromatic heterocycles. The Morgan fingerprint density at radius 3 is 2.75 bits per heavy atom. The number of thioether (sulfide) groups is 1. The molecule has 1 aliphatic rings. The number of aromatic nitrogens is 3. The van der Waals surface area contributed by atoms with Crippen molar-refractivity contribution in [2.45, 2.75) is 49.9 Å². The summed E-state index contributed by atoms with van der Waals surface area (Å²) in [5.41, 5.74) is 1.17. The van der Waals surface area contributed by atoms with E-state index >= 15 is 0 Å². The summed E-state index contributed by atoms with van der Waals surface area (Å²) in [5, 5.41) is 12.1. The topological polar surface area (TPSA) is 69.0 Å². The Bertz CT molecular complexity index is 1040. The highest BCUT2D eigenvalue weighted by Gasteiger charge is 2.20. The molecule has 4 rings (SSSR count). The standard InChI is InChI=1S/C24H27FN4O2S/c1-17(13-14-19-10-7-15-31-19)26-22(30)16-32-24-28-27-23(20-11-5-6-12-21(20)25)29(24)18-8-3-2-4-9-18/h2-6,8-9,11-12,17,19H,7,10,13-16H2,1H3,(H,26,30). The van der Waals surface area contributed by atoms with Gasteiger partial charge in [0.25, 0.3) is 0 Å². The van der Waals surface area contributed by atoms with E-state index in [1.165, 1.54) is 17.8 Å². The second-order valence-corrected chi connectivity index (χ2v) is 8.87. The maximum atomic E-state index is 14.5. The first kappa shape index (κ1) is 22.5. The molecular weight excluding hydrogens is 427 g/mol. The van der Waals surface area contributed by atoms with E-state index in [4.69, 9.17) is 4.74 Å². The van der Waals surface area contributed by atoms with Gasteiger partial charge in [-0.05, 0) is 56.9 Å². The third-order valence-corrected chi connectivity index (χ3v) is 6.38. The number of hydrogen-bond acceptors (Lipinski definition) is 5. The zero-order valence-corrected chi connectivity index (χ0v) is 18.9. The third-order valence-electron chi connectivity index (χ3n) is 5.45. The van der Waals surface area contributed by atoms with Gasteiger partial charge >= 0.3 is 0 Å². The zero-order valence-electron chi connectivity index (χ0n) is 18.0. The van der Waals surface area contributed by atoms with Crippen LogP contribution in [0.5, 0.6) is 0 Å². The highest BCUT2D eigenvalue weighted by molar-refractivity contribution is 7.99. The number of nitrogens with zero attached hydrogens (tertiary/aromatic N) is 3. The maximum absolute atomic E-state index is 14.5. The first-order valence-corrected chi connectivity index (χ1v) is 11.9. The maximum Gasteiger partial charge on any atom is 0.230 e. The summed E-state index contributed by atoms with van der Waals surface area (Å²) in [6, 6.07) is 16.1. The molecule has 6 nitrogen and oxygen atoms in total. The smallest absolute Gasteiger partial charge is 0.230 e. The van der Waals surface area contributed by atoms with Crippen LogP contribution in [0.3, 0.4) is 0 Å². The highest BCUT2D eigenvalue weighted by atomic mass is 32.2. The molecule has 0 bridgehead atoms. The Balaban J connectivity index is 1.44. The van der Waals surface area contributed by atoms with Gasteiger partial charge in [-0.1, -0.05) is 42.1 Å². The molecule has 2 unspecified atom stereocenters. The van der Waals surface area contributed by atoms with Gasteiger partial charge in [-0.2, -0.15) is 0 Å². The average Bonchev–Trinajstić information content (AvgIpc) is 3.47. The van der Waals surface area contributed by atoms with Crippen molar-refractivity contribution in [3.8, 4) is 17.1 Å². The molecule has 32 heavy (non-hydrogen) atoms. The van der Waals surface area contributed by atoms with E-state index in [9.17, 15) is 9.18 Å². The van der Waals surface area contributed by atoms with Crippen LogP contribution in [0.25, 0.3) is 17.1 Å². The Kier molecular flexibility index (Phi) is 7.55. The van der Waals surface area contributed by atoms with E-state index in [2.05, 4.69) is 15.5 Å². The molecule has 1 amide bonds. The van der Waals surface area contributed by atoms with E-state index in [0.29, 0.717) is 22.6 Å². The first-order chi connectivity index (χ1) is 15.6. The fourth-order valence-electron chi connectivity index (χ4n) is 3.82. The SMILES string of the molecule is CC(CCC1CCCO1)NC(=O)CSc1nnc(-c2ccccc2F)n1-c1ccccc1. The van der Waals surface area contributed by atoms with Crippen molar-refractivity contribution < 1.29 is 13.9 Å². The summed E-state index contributed by atoms with van der Waals surface area (Å²) in [6.07, 6.45) is 4.40. The summed E-state index contributed by atoms with van der Waals surface area (Å²) >= 11 is 1.29. The number of benzene rings is 2. The minimum Gasteiger partial charge on any atom is -0.378 e. The molecule has 1 saturated heterocycles. The minimum atomic E-state index is -0.369. The van der Waals surface area contributed by atoms with Crippen LogP contribution in [-0.4, -0.2) is 45.2 Å². The lowest BCUT2D eigenvalue weighted by molar-refractivity contribution is -0.119. The van der Waals surface area contributed by atoms with Crippen molar-refractivity contribution in [1.82, 2.24) is 20.1 Å². The molecule has 168 valence electrons. The lowest BCUT2D eigenvalue weighted by Gasteiger charge is -2.16. The van der Waals surface area contributed by atoms with Crippen molar-refractivity contribution in [3.05, 3.63) is 60.4 Å². The Morgan fingerprint density at radius 2 is 2.00 bits per heavy atom. The van der Waals surface area contributed by atoms with Crippen LogP contribution in [0.1, 0.15) is 32.6 Å². The third kappa shape index (κ3) is 5.55. The predicted molar refractivity (Wildman–Crippen MR) is 123 cm³/mol. The number of ether oxygens (including phenoxy) is 1. The fraction of sp³-hybridized carbons (Fsp3) is 0.375. The van der Waals surface area contributed by atoms with Crippen LogP contribution >= 0.6 is 11.8 Å². The Labute approximate surface area is 191 Å². The van der Waals surface area contributed by atoms with Crippen LogP contribution in [0.2, 0.25) is 0 Å². The van der Waals surface area contributed by atoms with E-state index in [0.717, 1.165) is 38.0 Å². The van der Waals surface area contributed by atoms with E-state index in [-0.39, 0.29) is 23.5 Å². The molecular formula is C24H27FN4O2S. The van der Waals surface area contributed by atoms with Crippen LogP contribution in [-0.2, 0) is 9.53 Å². The van der Waals surface area contributed by atoms with E-state index < -0.39 is 0 Å². The monoisotopic (exact) mass is 454 g/mol. The number of para-hydroxylation sites is 1. The number of rotatable bonds is 9. The van der Waals surface area contributed by atoms with Gasteiger partial charge in [0.1, 0.15) is 5.82 Å². The normalized spacial score (nSPS) is 16.8. The number of hydrogen-bond donors (Lipinski definition) is 1. The molecule has 0 aliphatic carbocycles. The minimum absolute atomic E-state index is 0.0649. The first-order valence-electron chi connectivity index (χ1n) is 10.9. The molecule has 0 radical (unpaired) electrons. The van der Waals surface area contributed by atoms with E-state index in [1.54, 1.807) is 22.8 Å². The molecule has 2 heterocycles. The zero-order chi connectivity index (χ0) is 22.3. The van der Waals surface area contributed by atoms with Gasteiger partial charge in [-0.15, -0.1) is 10.2 Å². The Morgan fingerprint density at radius 1 is 1.22 bits per heavy atom. The van der Waals surface area contributed by atoms with Crippen molar-refractivity contribution in [3.63, 3.8) is 0 Å². The summed E-state index contributed by atoms with van der Waals surface area (Å²) in [6.45, 7) is 2.86. The second kappa shape index (κ2) is 10.7. The summed E-state index contributed by atoms with van der Waals surface area (Å²) in [5.74, 6) is 0.172. The van der Waals surface area contributed by atoms with Crippen LogP contribution in [0.15, 0.2) is 59.8 Å². The number of carbonyl (C=O) groups excluding carboxylic acids is 1. The molecule has 0 spiro atoms. The highest BCUT2D eigenvalue weighted by Crippen LogP contribution is 2.29. The summed E-state index contributed by atoms with van der Waals surface area (Å²) in [4.78, 5) is 12.5. The Hall–Kier alpha value is -2.71. The number of carbonyl (C=O) groups is 1. The van der Waals surface area contributed by atoms with Crippen LogP contribution in [0.4, 0.5) is 4.39 Å². The van der Waals surface area contributed by atoms with Gasteiger partial charge in [0.2, 0.25) is 5.91 Å². The van der Waals surface area contributed by atoms with Gasteiger partial charge in [-0.25, -0.2) is 4.39 Å². The molecule has 1 aliphatic heterocycles. The molecule has 2 atom stereocenters. The van der Waals surface area contributed by atoms with Gasteiger partial charge < -0.3 is 10.1 Å². The van der Waals surface area contributed by atoms with Gasteiger partial charge in [0.05, 0.1) is 17.4 Å². The number of amides is 1. The molecule has 1 N–H and O–H groups in total. The van der Waals surface area contributed by atoms with Gasteiger partial charge in [-0.3, -0.25) is 9.36 Å². The largest absolute Gasteiger partial charge is 0.378 e. The molecule has 8 heteroatoms.